The maximum absolute atomic E-state index is 12.8. The van der Waals surface area contributed by atoms with Gasteiger partial charge in [0.1, 0.15) is 11.4 Å². The monoisotopic (exact) mass is 235 g/mol. The number of aromatic nitrogens is 2. The highest BCUT2D eigenvalue weighted by atomic mass is 19.1. The number of carboxylic acid groups (broad SMARTS) is 1. The van der Waals surface area contributed by atoms with E-state index < -0.39 is 5.97 Å². The van der Waals surface area contributed by atoms with E-state index in [0.29, 0.717) is 11.3 Å². The first-order valence-electron chi connectivity index (χ1n) is 4.82. The van der Waals surface area contributed by atoms with Crippen molar-refractivity contribution in [3.63, 3.8) is 0 Å². The van der Waals surface area contributed by atoms with Crippen molar-refractivity contribution in [3.8, 4) is 11.3 Å². The fourth-order valence-electron chi connectivity index (χ4n) is 1.69. The largest absolute Gasteiger partial charge is 0.477 e. The molecule has 0 fully saturated rings. The molecule has 0 aliphatic heterocycles. The van der Waals surface area contributed by atoms with Crippen LogP contribution in [-0.2, 0) is 7.05 Å². The van der Waals surface area contributed by atoms with Gasteiger partial charge in [-0.3, -0.25) is 4.68 Å². The molecule has 2 rings (SSSR count). The van der Waals surface area contributed by atoms with Gasteiger partial charge in [0.15, 0.2) is 5.82 Å². The van der Waals surface area contributed by atoms with Crippen LogP contribution in [0.15, 0.2) is 24.3 Å². The number of anilines is 1. The Balaban J connectivity index is 2.66. The van der Waals surface area contributed by atoms with Crippen molar-refractivity contribution in [2.75, 3.05) is 5.73 Å². The summed E-state index contributed by atoms with van der Waals surface area (Å²) in [6, 6.07) is 5.48. The molecule has 5 nitrogen and oxygen atoms in total. The van der Waals surface area contributed by atoms with Gasteiger partial charge < -0.3 is 10.8 Å². The van der Waals surface area contributed by atoms with Crippen molar-refractivity contribution in [3.05, 3.63) is 35.6 Å². The van der Waals surface area contributed by atoms with Crippen molar-refractivity contribution in [1.82, 2.24) is 9.78 Å². The molecular formula is C11H10FN3O2. The Kier molecular flexibility index (Phi) is 2.55. The van der Waals surface area contributed by atoms with E-state index in [1.807, 2.05) is 0 Å². The van der Waals surface area contributed by atoms with Gasteiger partial charge in [-0.1, -0.05) is 0 Å². The van der Waals surface area contributed by atoms with E-state index in [0.717, 1.165) is 0 Å². The fourth-order valence-corrected chi connectivity index (χ4v) is 1.69. The lowest BCUT2D eigenvalue weighted by molar-refractivity contribution is 0.0699. The molecule has 0 amide bonds. The van der Waals surface area contributed by atoms with E-state index in [9.17, 15) is 9.18 Å². The fraction of sp³-hybridized carbons (Fsp3) is 0.0909. The summed E-state index contributed by atoms with van der Waals surface area (Å²) in [7, 11) is 1.58. The molecule has 0 saturated carbocycles. The molecule has 0 spiro atoms. The Bertz CT molecular complexity index is 575. The number of benzene rings is 1. The van der Waals surface area contributed by atoms with Crippen LogP contribution in [0, 0.1) is 5.82 Å². The van der Waals surface area contributed by atoms with Gasteiger partial charge in [-0.15, -0.1) is 0 Å². The van der Waals surface area contributed by atoms with E-state index in [4.69, 9.17) is 10.8 Å². The van der Waals surface area contributed by atoms with Gasteiger partial charge in [-0.05, 0) is 24.3 Å². The molecule has 0 aliphatic rings. The van der Waals surface area contributed by atoms with Gasteiger partial charge in [-0.2, -0.15) is 5.10 Å². The average molecular weight is 235 g/mol. The molecule has 0 unspecified atom stereocenters. The van der Waals surface area contributed by atoms with Crippen LogP contribution < -0.4 is 5.73 Å². The van der Waals surface area contributed by atoms with Crippen molar-refractivity contribution in [1.29, 1.82) is 0 Å². The predicted molar refractivity (Wildman–Crippen MR) is 60.0 cm³/mol. The Morgan fingerprint density at radius 3 is 2.53 bits per heavy atom. The van der Waals surface area contributed by atoms with Gasteiger partial charge in [0.25, 0.3) is 0 Å². The molecule has 1 heterocycles. The van der Waals surface area contributed by atoms with Crippen molar-refractivity contribution >= 4 is 11.8 Å². The molecule has 0 radical (unpaired) electrons. The normalized spacial score (nSPS) is 10.5. The maximum Gasteiger partial charge on any atom is 0.341 e. The number of carboxylic acids is 1. The lowest BCUT2D eigenvalue weighted by Crippen LogP contribution is -2.02. The number of nitrogens with zero attached hydrogens (tertiary/aromatic N) is 2. The summed E-state index contributed by atoms with van der Waals surface area (Å²) in [6.07, 6.45) is 0. The molecule has 0 aliphatic carbocycles. The first kappa shape index (κ1) is 11.1. The summed E-state index contributed by atoms with van der Waals surface area (Å²) in [4.78, 5) is 11.1. The third-order valence-corrected chi connectivity index (χ3v) is 2.41. The average Bonchev–Trinajstić information content (AvgIpc) is 2.55. The summed E-state index contributed by atoms with van der Waals surface area (Å²) < 4.78 is 14.2. The van der Waals surface area contributed by atoms with E-state index in [-0.39, 0.29) is 17.2 Å². The minimum absolute atomic E-state index is 0.0562. The number of nitrogens with two attached hydrogens (primary N) is 1. The third kappa shape index (κ3) is 1.84. The standard InChI is InChI=1S/C11H10FN3O2/c1-15-9(6-2-4-7(12)5-3-6)8(11(16)17)10(13)14-15/h2-5H,1H3,(H2,13,14)(H,16,17). The van der Waals surface area contributed by atoms with Crippen LogP contribution in [0.5, 0.6) is 0 Å². The van der Waals surface area contributed by atoms with Crippen LogP contribution in [0.4, 0.5) is 10.2 Å². The summed E-state index contributed by atoms with van der Waals surface area (Å²) in [5.74, 6) is -1.60. The number of carbonyl (C=O) groups is 1. The number of hydrogen-bond donors (Lipinski definition) is 2. The molecule has 6 heteroatoms. The molecule has 0 atom stereocenters. The predicted octanol–water partition coefficient (Wildman–Crippen LogP) is 1.51. The first-order valence-corrected chi connectivity index (χ1v) is 4.82. The summed E-state index contributed by atoms with van der Waals surface area (Å²) in [5, 5.41) is 12.9. The number of rotatable bonds is 2. The second-order valence-electron chi connectivity index (χ2n) is 3.54. The topological polar surface area (TPSA) is 81.1 Å². The highest BCUT2D eigenvalue weighted by Crippen LogP contribution is 2.27. The van der Waals surface area contributed by atoms with E-state index in [1.165, 1.54) is 28.9 Å². The van der Waals surface area contributed by atoms with Crippen LogP contribution in [0.1, 0.15) is 10.4 Å². The zero-order chi connectivity index (χ0) is 12.6. The molecule has 3 N–H and O–H groups in total. The molecule has 2 aromatic rings. The Labute approximate surface area is 96.3 Å². The second kappa shape index (κ2) is 3.89. The summed E-state index contributed by atoms with van der Waals surface area (Å²) in [6.45, 7) is 0. The molecule has 0 bridgehead atoms. The zero-order valence-corrected chi connectivity index (χ0v) is 9.01. The number of aromatic carboxylic acids is 1. The van der Waals surface area contributed by atoms with Crippen LogP contribution in [0.25, 0.3) is 11.3 Å². The van der Waals surface area contributed by atoms with Crippen molar-refractivity contribution < 1.29 is 14.3 Å². The summed E-state index contributed by atoms with van der Waals surface area (Å²) in [5.41, 5.74) is 6.36. The molecule has 17 heavy (non-hydrogen) atoms. The Morgan fingerprint density at radius 1 is 1.41 bits per heavy atom. The van der Waals surface area contributed by atoms with Gasteiger partial charge in [-0.25, -0.2) is 9.18 Å². The minimum Gasteiger partial charge on any atom is -0.477 e. The summed E-state index contributed by atoms with van der Waals surface area (Å²) >= 11 is 0. The number of halogens is 1. The van der Waals surface area contributed by atoms with Crippen LogP contribution in [0.3, 0.4) is 0 Å². The molecule has 88 valence electrons. The van der Waals surface area contributed by atoms with E-state index in [1.54, 1.807) is 7.05 Å². The lowest BCUT2D eigenvalue weighted by atomic mass is 10.1. The molecular weight excluding hydrogens is 225 g/mol. The minimum atomic E-state index is -1.16. The Morgan fingerprint density at radius 2 is 2.00 bits per heavy atom. The number of aryl methyl sites for hydroxylation is 1. The van der Waals surface area contributed by atoms with Crippen LogP contribution in [-0.4, -0.2) is 20.9 Å². The highest BCUT2D eigenvalue weighted by molar-refractivity contribution is 5.99. The second-order valence-corrected chi connectivity index (χ2v) is 3.54. The smallest absolute Gasteiger partial charge is 0.341 e. The molecule has 1 aromatic heterocycles. The maximum atomic E-state index is 12.8. The van der Waals surface area contributed by atoms with Gasteiger partial charge in [0.05, 0.1) is 5.69 Å². The van der Waals surface area contributed by atoms with Crippen LogP contribution in [0.2, 0.25) is 0 Å². The molecule has 0 saturated heterocycles. The van der Waals surface area contributed by atoms with Gasteiger partial charge in [0.2, 0.25) is 0 Å². The molecule has 1 aromatic carbocycles. The van der Waals surface area contributed by atoms with Gasteiger partial charge in [0, 0.05) is 12.6 Å². The van der Waals surface area contributed by atoms with Crippen LogP contribution >= 0.6 is 0 Å². The van der Waals surface area contributed by atoms with E-state index >= 15 is 0 Å². The van der Waals surface area contributed by atoms with Crippen molar-refractivity contribution in [2.24, 2.45) is 7.05 Å². The quantitative estimate of drug-likeness (QED) is 0.826. The van der Waals surface area contributed by atoms with Crippen molar-refractivity contribution in [2.45, 2.75) is 0 Å². The third-order valence-electron chi connectivity index (χ3n) is 2.41. The first-order chi connectivity index (χ1) is 8.00. The SMILES string of the molecule is Cn1nc(N)c(C(=O)O)c1-c1ccc(F)cc1. The Hall–Kier alpha value is -2.37. The number of hydrogen-bond acceptors (Lipinski definition) is 3. The van der Waals surface area contributed by atoms with E-state index in [2.05, 4.69) is 5.10 Å². The zero-order valence-electron chi connectivity index (χ0n) is 9.01. The lowest BCUT2D eigenvalue weighted by Gasteiger charge is -2.03. The highest BCUT2D eigenvalue weighted by Gasteiger charge is 2.21. The van der Waals surface area contributed by atoms with Gasteiger partial charge >= 0.3 is 5.97 Å². The number of nitrogen functional groups attached to an aromatic ring is 1.